The average molecular weight is 456 g/mol. The summed E-state index contributed by atoms with van der Waals surface area (Å²) in [7, 11) is 2.59. The Labute approximate surface area is 182 Å². The number of ether oxygens (including phenoxy) is 5. The Kier molecular flexibility index (Phi) is 9.31. The molecule has 1 rings (SSSR count). The Balaban J connectivity index is 3.70. The SMILES string of the molecule is COc1nc(N)c(N=C(OC(C)=O)[C@H](OC(C)=O)[C@H](COC(C)=O)OC(C)=O)c(=O)n1C. The van der Waals surface area contributed by atoms with E-state index in [-0.39, 0.29) is 11.8 Å². The van der Waals surface area contributed by atoms with Crippen molar-refractivity contribution in [1.82, 2.24) is 9.55 Å². The fraction of sp³-hybridized carbons (Fsp3) is 0.500. The lowest BCUT2D eigenvalue weighted by Gasteiger charge is -2.26. The van der Waals surface area contributed by atoms with Gasteiger partial charge in [-0.25, -0.2) is 4.99 Å². The second-order valence-corrected chi connectivity index (χ2v) is 6.22. The smallest absolute Gasteiger partial charge is 0.309 e. The van der Waals surface area contributed by atoms with Gasteiger partial charge in [-0.05, 0) is 0 Å². The number of hydrogen-bond donors (Lipinski definition) is 1. The molecule has 0 aromatic carbocycles. The molecule has 0 saturated heterocycles. The minimum absolute atomic E-state index is 0.121. The van der Waals surface area contributed by atoms with Crippen molar-refractivity contribution < 1.29 is 42.9 Å². The molecular weight excluding hydrogens is 432 g/mol. The average Bonchev–Trinajstić information content (AvgIpc) is 2.67. The molecule has 0 spiro atoms. The predicted octanol–water partition coefficient (Wildman–Crippen LogP) is -0.609. The monoisotopic (exact) mass is 456 g/mol. The van der Waals surface area contributed by atoms with Gasteiger partial charge in [0.15, 0.2) is 17.6 Å². The van der Waals surface area contributed by atoms with Gasteiger partial charge in [0.25, 0.3) is 5.56 Å². The predicted molar refractivity (Wildman–Crippen MR) is 107 cm³/mol. The van der Waals surface area contributed by atoms with Gasteiger partial charge in [0, 0.05) is 34.7 Å². The molecule has 0 aliphatic heterocycles. The minimum Gasteiger partial charge on any atom is -0.468 e. The van der Waals surface area contributed by atoms with Gasteiger partial charge in [-0.3, -0.25) is 28.5 Å². The molecule has 0 radical (unpaired) electrons. The van der Waals surface area contributed by atoms with Crippen LogP contribution in [0.1, 0.15) is 27.7 Å². The molecule has 1 aromatic heterocycles. The number of rotatable bonds is 8. The van der Waals surface area contributed by atoms with Crippen molar-refractivity contribution in [3.8, 4) is 6.01 Å². The summed E-state index contributed by atoms with van der Waals surface area (Å²) in [5.74, 6) is -4.41. The summed E-state index contributed by atoms with van der Waals surface area (Å²) >= 11 is 0. The molecule has 2 atom stereocenters. The number of carbonyl (C=O) groups excluding carboxylic acids is 4. The first-order valence-electron chi connectivity index (χ1n) is 9.02. The number of nitrogens with two attached hydrogens (primary N) is 1. The largest absolute Gasteiger partial charge is 0.468 e. The number of hydrogen-bond acceptors (Lipinski definition) is 13. The first-order chi connectivity index (χ1) is 14.9. The van der Waals surface area contributed by atoms with Crippen LogP contribution < -0.4 is 16.0 Å². The van der Waals surface area contributed by atoms with Crippen LogP contribution in [0.2, 0.25) is 0 Å². The number of esters is 4. The van der Waals surface area contributed by atoms with Crippen molar-refractivity contribution in [2.24, 2.45) is 12.0 Å². The molecule has 0 unspecified atom stereocenters. The Bertz CT molecular complexity index is 985. The second-order valence-electron chi connectivity index (χ2n) is 6.22. The second kappa shape index (κ2) is 11.4. The van der Waals surface area contributed by atoms with E-state index in [1.54, 1.807) is 0 Å². The molecule has 176 valence electrons. The standard InChI is InChI=1S/C18H24N4O10/c1-8(23)29-7-12(30-9(2)24)14(31-10(3)25)16(32-11(4)26)20-13-15(19)21-18(28-6)22(5)17(13)27/h12,14H,7,19H2,1-6H3/t12-,14+/m0/s1. The number of aliphatic imine (C=N–C) groups is 1. The van der Waals surface area contributed by atoms with Gasteiger partial charge in [-0.2, -0.15) is 4.98 Å². The summed E-state index contributed by atoms with van der Waals surface area (Å²) in [4.78, 5) is 66.7. The van der Waals surface area contributed by atoms with Gasteiger partial charge < -0.3 is 29.4 Å². The maximum atomic E-state index is 12.7. The lowest BCUT2D eigenvalue weighted by atomic mass is 10.2. The van der Waals surface area contributed by atoms with Crippen LogP contribution >= 0.6 is 0 Å². The van der Waals surface area contributed by atoms with E-state index >= 15 is 0 Å². The zero-order chi connectivity index (χ0) is 24.6. The summed E-state index contributed by atoms with van der Waals surface area (Å²) in [5.41, 5.74) is 4.52. The van der Waals surface area contributed by atoms with Crippen LogP contribution in [0.4, 0.5) is 11.5 Å². The topological polar surface area (TPSA) is 188 Å². The van der Waals surface area contributed by atoms with E-state index in [9.17, 15) is 24.0 Å². The highest BCUT2D eigenvalue weighted by molar-refractivity contribution is 5.94. The van der Waals surface area contributed by atoms with Gasteiger partial charge in [-0.15, -0.1) is 0 Å². The van der Waals surface area contributed by atoms with Crippen LogP contribution in [-0.2, 0) is 45.2 Å². The normalized spacial score (nSPS) is 12.9. The Hall–Kier alpha value is -3.97. The molecule has 32 heavy (non-hydrogen) atoms. The van der Waals surface area contributed by atoms with Crippen molar-refractivity contribution in [3.05, 3.63) is 10.4 Å². The number of carbonyl (C=O) groups is 4. The van der Waals surface area contributed by atoms with E-state index in [0.29, 0.717) is 0 Å². The Morgan fingerprint density at radius 1 is 1.03 bits per heavy atom. The van der Waals surface area contributed by atoms with Crippen LogP contribution in [-0.4, -0.2) is 65.3 Å². The quantitative estimate of drug-likeness (QED) is 0.226. The molecule has 0 bridgehead atoms. The highest BCUT2D eigenvalue weighted by Gasteiger charge is 2.36. The van der Waals surface area contributed by atoms with E-state index in [4.69, 9.17) is 29.4 Å². The van der Waals surface area contributed by atoms with E-state index in [1.165, 1.54) is 14.2 Å². The van der Waals surface area contributed by atoms with Crippen LogP contribution in [0.5, 0.6) is 6.01 Å². The van der Waals surface area contributed by atoms with Crippen molar-refractivity contribution in [3.63, 3.8) is 0 Å². The molecule has 0 fully saturated rings. The molecule has 14 nitrogen and oxygen atoms in total. The minimum atomic E-state index is -1.69. The van der Waals surface area contributed by atoms with Gasteiger partial charge in [-0.1, -0.05) is 0 Å². The third-order valence-corrected chi connectivity index (χ3v) is 3.55. The Morgan fingerprint density at radius 3 is 2.09 bits per heavy atom. The molecule has 0 amide bonds. The molecule has 2 N–H and O–H groups in total. The Morgan fingerprint density at radius 2 is 1.62 bits per heavy atom. The summed E-state index contributed by atoms with van der Waals surface area (Å²) in [5, 5.41) is 0. The lowest BCUT2D eigenvalue weighted by molar-refractivity contribution is -0.169. The lowest BCUT2D eigenvalue weighted by Crippen LogP contribution is -2.45. The van der Waals surface area contributed by atoms with E-state index in [0.717, 1.165) is 32.3 Å². The van der Waals surface area contributed by atoms with Gasteiger partial charge >= 0.3 is 29.9 Å². The van der Waals surface area contributed by atoms with Gasteiger partial charge in [0.05, 0.1) is 7.11 Å². The van der Waals surface area contributed by atoms with Crippen molar-refractivity contribution in [1.29, 1.82) is 0 Å². The molecular formula is C18H24N4O10. The molecule has 1 heterocycles. The van der Waals surface area contributed by atoms with Gasteiger partial charge in [0.1, 0.15) is 6.61 Å². The summed E-state index contributed by atoms with van der Waals surface area (Å²) in [6.45, 7) is 3.61. The van der Waals surface area contributed by atoms with Gasteiger partial charge in [0.2, 0.25) is 12.0 Å². The van der Waals surface area contributed by atoms with Crippen LogP contribution in [0.3, 0.4) is 0 Å². The number of anilines is 1. The number of nitrogens with zero attached hydrogens (tertiary/aromatic N) is 3. The van der Waals surface area contributed by atoms with Crippen molar-refractivity contribution in [2.45, 2.75) is 39.9 Å². The van der Waals surface area contributed by atoms with Crippen LogP contribution in [0.25, 0.3) is 0 Å². The molecule has 1 aromatic rings. The van der Waals surface area contributed by atoms with Crippen molar-refractivity contribution >= 4 is 41.3 Å². The summed E-state index contributed by atoms with van der Waals surface area (Å²) in [6, 6.07) is -0.121. The molecule has 0 saturated carbocycles. The maximum absolute atomic E-state index is 12.7. The number of methoxy groups -OCH3 is 1. The molecule has 14 heteroatoms. The van der Waals surface area contributed by atoms with Crippen molar-refractivity contribution in [2.75, 3.05) is 19.5 Å². The first-order valence-corrected chi connectivity index (χ1v) is 9.02. The highest BCUT2D eigenvalue weighted by Crippen LogP contribution is 2.20. The fourth-order valence-corrected chi connectivity index (χ4v) is 2.34. The molecule has 0 aliphatic carbocycles. The van der Waals surface area contributed by atoms with Crippen LogP contribution in [0, 0.1) is 0 Å². The van der Waals surface area contributed by atoms with Crippen LogP contribution in [0.15, 0.2) is 9.79 Å². The van der Waals surface area contributed by atoms with E-state index in [2.05, 4.69) is 9.98 Å². The van der Waals surface area contributed by atoms with E-state index < -0.39 is 59.8 Å². The summed E-state index contributed by atoms with van der Waals surface area (Å²) in [6.07, 6.45) is -3.17. The van der Waals surface area contributed by atoms with E-state index in [1.807, 2.05) is 0 Å². The number of aromatic nitrogens is 2. The third-order valence-electron chi connectivity index (χ3n) is 3.55. The third kappa shape index (κ3) is 7.37. The summed E-state index contributed by atoms with van der Waals surface area (Å²) < 4.78 is 26.0. The first kappa shape index (κ1) is 26.1. The number of nitrogen functional groups attached to an aromatic ring is 1. The zero-order valence-electron chi connectivity index (χ0n) is 18.4. The fourth-order valence-electron chi connectivity index (χ4n) is 2.34. The molecule has 0 aliphatic rings. The highest BCUT2D eigenvalue weighted by atomic mass is 16.6. The zero-order valence-corrected chi connectivity index (χ0v) is 18.4. The maximum Gasteiger partial charge on any atom is 0.309 e.